The summed E-state index contributed by atoms with van der Waals surface area (Å²) >= 11 is 0. The van der Waals surface area contributed by atoms with E-state index in [0.29, 0.717) is 6.54 Å². The standard InChI is InChI=1S/C15H23NO4/c1-10(11-5-3-2-4-6-11)7-16-8-13(18)15(20)14(19)12(16)9-17/h2-6,10,12-15,17-20H,7-9H2,1H3/t10-,12+,13+,14-,15?/m1/s1. The molecule has 5 heteroatoms. The second kappa shape index (κ2) is 6.65. The van der Waals surface area contributed by atoms with Crippen molar-refractivity contribution in [2.45, 2.75) is 37.2 Å². The topological polar surface area (TPSA) is 84.2 Å². The molecule has 1 unspecified atom stereocenters. The number of piperidine rings is 1. The third-order valence-electron chi connectivity index (χ3n) is 4.09. The average molecular weight is 281 g/mol. The van der Waals surface area contributed by atoms with Gasteiger partial charge in [-0.05, 0) is 11.5 Å². The fourth-order valence-corrected chi connectivity index (χ4v) is 2.83. The van der Waals surface area contributed by atoms with Crippen molar-refractivity contribution in [3.63, 3.8) is 0 Å². The van der Waals surface area contributed by atoms with Crippen LogP contribution in [0.1, 0.15) is 18.4 Å². The van der Waals surface area contributed by atoms with Crippen LogP contribution in [0, 0.1) is 0 Å². The Balaban J connectivity index is 2.07. The van der Waals surface area contributed by atoms with Crippen LogP contribution in [0.15, 0.2) is 30.3 Å². The fraction of sp³-hybridized carbons (Fsp3) is 0.600. The number of likely N-dealkylation sites (tertiary alicyclic amines) is 1. The quantitative estimate of drug-likeness (QED) is 0.601. The van der Waals surface area contributed by atoms with E-state index in [-0.39, 0.29) is 19.1 Å². The molecule has 0 saturated carbocycles. The van der Waals surface area contributed by atoms with Gasteiger partial charge in [0.05, 0.1) is 18.8 Å². The first-order valence-electron chi connectivity index (χ1n) is 6.98. The van der Waals surface area contributed by atoms with Crippen LogP contribution < -0.4 is 0 Å². The molecule has 0 amide bonds. The number of rotatable bonds is 4. The number of benzene rings is 1. The van der Waals surface area contributed by atoms with Gasteiger partial charge in [0.15, 0.2) is 0 Å². The molecular formula is C15H23NO4. The van der Waals surface area contributed by atoms with Crippen molar-refractivity contribution in [2.24, 2.45) is 0 Å². The normalized spacial score (nSPS) is 33.0. The Labute approximate surface area is 119 Å². The van der Waals surface area contributed by atoms with Crippen LogP contribution >= 0.6 is 0 Å². The highest BCUT2D eigenvalue weighted by molar-refractivity contribution is 5.19. The van der Waals surface area contributed by atoms with Crippen molar-refractivity contribution >= 4 is 0 Å². The van der Waals surface area contributed by atoms with Crippen LogP contribution in [0.5, 0.6) is 0 Å². The number of nitrogens with zero attached hydrogens (tertiary/aromatic N) is 1. The third-order valence-corrected chi connectivity index (χ3v) is 4.09. The molecule has 1 aromatic rings. The van der Waals surface area contributed by atoms with Crippen LogP contribution in [-0.4, -0.2) is 69.4 Å². The van der Waals surface area contributed by atoms with E-state index in [1.807, 2.05) is 35.2 Å². The molecule has 0 aromatic heterocycles. The van der Waals surface area contributed by atoms with Crippen molar-refractivity contribution < 1.29 is 20.4 Å². The number of aliphatic hydroxyl groups is 4. The lowest BCUT2D eigenvalue weighted by atomic mass is 9.92. The molecule has 0 radical (unpaired) electrons. The average Bonchev–Trinajstić information content (AvgIpc) is 2.46. The molecule has 1 heterocycles. The molecule has 1 aromatic carbocycles. The minimum absolute atomic E-state index is 0.208. The molecule has 0 aliphatic carbocycles. The van der Waals surface area contributed by atoms with Crippen LogP contribution in [0.25, 0.3) is 0 Å². The summed E-state index contributed by atoms with van der Waals surface area (Å²) in [6.07, 6.45) is -3.32. The van der Waals surface area contributed by atoms with E-state index in [9.17, 15) is 20.4 Å². The molecule has 1 fully saturated rings. The minimum Gasteiger partial charge on any atom is -0.395 e. The lowest BCUT2D eigenvalue weighted by Crippen LogP contribution is -2.62. The monoisotopic (exact) mass is 281 g/mol. The SMILES string of the molecule is C[C@H](CN1C[C@H](O)C(O)[C@H](O)[C@@H]1CO)c1ccccc1. The van der Waals surface area contributed by atoms with Gasteiger partial charge >= 0.3 is 0 Å². The fourth-order valence-electron chi connectivity index (χ4n) is 2.83. The van der Waals surface area contributed by atoms with E-state index >= 15 is 0 Å². The summed E-state index contributed by atoms with van der Waals surface area (Å²) in [5, 5.41) is 38.8. The first kappa shape index (κ1) is 15.4. The summed E-state index contributed by atoms with van der Waals surface area (Å²) in [7, 11) is 0. The maximum Gasteiger partial charge on any atom is 0.109 e. The van der Waals surface area contributed by atoms with Crippen molar-refractivity contribution in [1.29, 1.82) is 0 Å². The predicted molar refractivity (Wildman–Crippen MR) is 75.3 cm³/mol. The number of aliphatic hydroxyl groups excluding tert-OH is 4. The number of hydrogen-bond acceptors (Lipinski definition) is 5. The van der Waals surface area contributed by atoms with Gasteiger partial charge in [-0.2, -0.15) is 0 Å². The zero-order chi connectivity index (χ0) is 14.7. The molecule has 20 heavy (non-hydrogen) atoms. The molecule has 2 rings (SSSR count). The first-order valence-corrected chi connectivity index (χ1v) is 6.98. The van der Waals surface area contributed by atoms with Crippen molar-refractivity contribution in [2.75, 3.05) is 19.7 Å². The summed E-state index contributed by atoms with van der Waals surface area (Å²) in [4.78, 5) is 1.85. The highest BCUT2D eigenvalue weighted by atomic mass is 16.4. The van der Waals surface area contributed by atoms with E-state index in [1.165, 1.54) is 5.56 Å². The zero-order valence-electron chi connectivity index (χ0n) is 11.6. The molecule has 5 nitrogen and oxygen atoms in total. The maximum atomic E-state index is 9.95. The molecule has 0 bridgehead atoms. The Bertz CT molecular complexity index is 414. The number of hydrogen-bond donors (Lipinski definition) is 4. The van der Waals surface area contributed by atoms with Crippen LogP contribution in [0.4, 0.5) is 0 Å². The van der Waals surface area contributed by atoms with Crippen LogP contribution in [0.2, 0.25) is 0 Å². The van der Waals surface area contributed by atoms with Gasteiger partial charge in [-0.25, -0.2) is 0 Å². The number of β-amino-alcohol motifs (C(OH)–C–C–N with tert-alkyl or cyclic N) is 1. The Hall–Kier alpha value is -0.980. The van der Waals surface area contributed by atoms with Crippen LogP contribution in [-0.2, 0) is 0 Å². The van der Waals surface area contributed by atoms with Gasteiger partial charge < -0.3 is 20.4 Å². The predicted octanol–water partition coefficient (Wildman–Crippen LogP) is -0.451. The molecule has 1 saturated heterocycles. The van der Waals surface area contributed by atoms with Crippen molar-refractivity contribution in [3.8, 4) is 0 Å². The summed E-state index contributed by atoms with van der Waals surface area (Å²) in [5.41, 5.74) is 1.17. The van der Waals surface area contributed by atoms with E-state index in [4.69, 9.17) is 0 Å². The Kier molecular flexibility index (Phi) is 5.12. The molecular weight excluding hydrogens is 258 g/mol. The van der Waals surface area contributed by atoms with Gasteiger partial charge in [0.1, 0.15) is 12.2 Å². The van der Waals surface area contributed by atoms with Gasteiger partial charge in [0.2, 0.25) is 0 Å². The van der Waals surface area contributed by atoms with Crippen molar-refractivity contribution in [1.82, 2.24) is 4.90 Å². The largest absolute Gasteiger partial charge is 0.395 e. The second-order valence-electron chi connectivity index (χ2n) is 5.56. The van der Waals surface area contributed by atoms with Gasteiger partial charge in [0, 0.05) is 13.1 Å². The Morgan fingerprint density at radius 3 is 2.40 bits per heavy atom. The van der Waals surface area contributed by atoms with E-state index < -0.39 is 24.4 Å². The first-order chi connectivity index (χ1) is 9.54. The van der Waals surface area contributed by atoms with Gasteiger partial charge in [0.25, 0.3) is 0 Å². The summed E-state index contributed by atoms with van der Waals surface area (Å²) in [5.74, 6) is 0.208. The zero-order valence-corrected chi connectivity index (χ0v) is 11.6. The summed E-state index contributed by atoms with van der Waals surface area (Å²) in [6.45, 7) is 2.68. The molecule has 5 atom stereocenters. The molecule has 1 aliphatic rings. The lowest BCUT2D eigenvalue weighted by molar-refractivity contribution is -0.145. The summed E-state index contributed by atoms with van der Waals surface area (Å²) in [6, 6.07) is 9.42. The van der Waals surface area contributed by atoms with E-state index in [1.54, 1.807) is 0 Å². The van der Waals surface area contributed by atoms with E-state index in [2.05, 4.69) is 6.92 Å². The highest BCUT2D eigenvalue weighted by Gasteiger charge is 2.41. The summed E-state index contributed by atoms with van der Waals surface area (Å²) < 4.78 is 0. The Morgan fingerprint density at radius 1 is 1.15 bits per heavy atom. The van der Waals surface area contributed by atoms with Gasteiger partial charge in [-0.3, -0.25) is 4.90 Å². The molecule has 4 N–H and O–H groups in total. The molecule has 112 valence electrons. The van der Waals surface area contributed by atoms with Crippen molar-refractivity contribution in [3.05, 3.63) is 35.9 Å². The van der Waals surface area contributed by atoms with E-state index in [0.717, 1.165) is 0 Å². The smallest absolute Gasteiger partial charge is 0.109 e. The Morgan fingerprint density at radius 2 is 1.80 bits per heavy atom. The third kappa shape index (κ3) is 3.19. The lowest BCUT2D eigenvalue weighted by Gasteiger charge is -2.44. The maximum absolute atomic E-state index is 9.95. The van der Waals surface area contributed by atoms with Gasteiger partial charge in [-0.1, -0.05) is 37.3 Å². The second-order valence-corrected chi connectivity index (χ2v) is 5.56. The van der Waals surface area contributed by atoms with Gasteiger partial charge in [-0.15, -0.1) is 0 Å². The molecule has 0 spiro atoms. The van der Waals surface area contributed by atoms with Crippen LogP contribution in [0.3, 0.4) is 0 Å². The molecule has 1 aliphatic heterocycles. The highest BCUT2D eigenvalue weighted by Crippen LogP contribution is 2.23. The minimum atomic E-state index is -1.20.